The molecule has 3 atom stereocenters. The van der Waals surface area contributed by atoms with Crippen LogP contribution in [-0.4, -0.2) is 59.2 Å². The molecule has 1 aromatic carbocycles. The highest BCUT2D eigenvalue weighted by Gasteiger charge is 2.41. The van der Waals surface area contributed by atoms with Gasteiger partial charge in [-0.2, -0.15) is 15.3 Å². The van der Waals surface area contributed by atoms with Gasteiger partial charge in [0.2, 0.25) is 5.82 Å². The molecule has 1 unspecified atom stereocenters. The van der Waals surface area contributed by atoms with Crippen molar-refractivity contribution in [3.8, 4) is 34.6 Å². The Kier molecular flexibility index (Phi) is 4.73. The fourth-order valence-electron chi connectivity index (χ4n) is 5.25. The summed E-state index contributed by atoms with van der Waals surface area (Å²) in [6, 6.07) is 9.30. The van der Waals surface area contributed by atoms with E-state index in [9.17, 15) is 5.11 Å². The number of aryl methyl sites for hydroxylation is 1. The van der Waals surface area contributed by atoms with Crippen LogP contribution in [0.3, 0.4) is 0 Å². The van der Waals surface area contributed by atoms with Gasteiger partial charge in [-0.1, -0.05) is 6.07 Å². The summed E-state index contributed by atoms with van der Waals surface area (Å²) < 4.78 is 1.41. The lowest BCUT2D eigenvalue weighted by molar-refractivity contribution is 0.343. The summed E-state index contributed by atoms with van der Waals surface area (Å²) in [5, 5.41) is 36.6. The second-order valence-corrected chi connectivity index (χ2v) is 9.27. The van der Waals surface area contributed by atoms with Crippen LogP contribution in [0, 0.1) is 11.3 Å². The first kappa shape index (κ1) is 20.1. The molecule has 2 bridgehead atoms. The lowest BCUT2D eigenvalue weighted by atomic mass is 9.98. The number of aromatic hydroxyl groups is 1. The Labute approximate surface area is 191 Å². The van der Waals surface area contributed by atoms with Crippen LogP contribution in [0.25, 0.3) is 22.8 Å². The number of rotatable bonds is 5. The molecule has 2 saturated heterocycles. The number of aromatic nitrogens is 6. The van der Waals surface area contributed by atoms with Crippen molar-refractivity contribution in [2.45, 2.75) is 62.7 Å². The van der Waals surface area contributed by atoms with Gasteiger partial charge in [-0.25, -0.2) is 9.67 Å². The van der Waals surface area contributed by atoms with E-state index in [4.69, 9.17) is 5.26 Å². The minimum absolute atomic E-state index is 0.0157. The summed E-state index contributed by atoms with van der Waals surface area (Å²) in [6.45, 7) is 0. The van der Waals surface area contributed by atoms with Crippen molar-refractivity contribution < 1.29 is 5.11 Å². The van der Waals surface area contributed by atoms with Gasteiger partial charge in [0.1, 0.15) is 11.8 Å². The molecule has 0 amide bonds. The first-order valence-corrected chi connectivity index (χ1v) is 11.5. The van der Waals surface area contributed by atoms with Gasteiger partial charge in [0.25, 0.3) is 0 Å². The van der Waals surface area contributed by atoms with Crippen molar-refractivity contribution >= 4 is 5.82 Å². The van der Waals surface area contributed by atoms with Gasteiger partial charge in [0.05, 0.1) is 11.8 Å². The molecule has 1 saturated carbocycles. The van der Waals surface area contributed by atoms with E-state index < -0.39 is 0 Å². The molecule has 33 heavy (non-hydrogen) atoms. The molecule has 3 aliphatic rings. The predicted molar refractivity (Wildman–Crippen MR) is 120 cm³/mol. The Bertz CT molecular complexity index is 1220. The molecule has 2 aliphatic heterocycles. The number of benzene rings is 1. The summed E-state index contributed by atoms with van der Waals surface area (Å²) in [5.41, 5.74) is 1.10. The van der Waals surface area contributed by atoms with Gasteiger partial charge in [-0.3, -0.25) is 0 Å². The fraction of sp³-hybridized carbons (Fsp3) is 0.478. The van der Waals surface area contributed by atoms with Crippen LogP contribution in [0.5, 0.6) is 5.75 Å². The van der Waals surface area contributed by atoms with Gasteiger partial charge in [-0.05, 0) is 50.7 Å². The molecular weight excluding hydrogens is 418 g/mol. The van der Waals surface area contributed by atoms with Gasteiger partial charge >= 0.3 is 0 Å². The standard InChI is InChI=1S/C23H25N9O/c1-31-20(11-24)27-22(30-31)13-2-7-18(19(33)8-13)23-25-12-21(28-29-23)32(16-5-6-16)17-9-14-3-4-15(10-17)26-14/h2,7-8,12,14-17,26,33H,3-6,9-10H2,1H3/t14-,15+,17?. The van der Waals surface area contributed by atoms with Crippen LogP contribution in [0.15, 0.2) is 24.4 Å². The van der Waals surface area contributed by atoms with E-state index in [1.807, 2.05) is 6.07 Å². The molecule has 2 aromatic heterocycles. The molecule has 4 heterocycles. The monoisotopic (exact) mass is 443 g/mol. The Morgan fingerprint density at radius 3 is 2.48 bits per heavy atom. The third kappa shape index (κ3) is 3.68. The van der Waals surface area contributed by atoms with Gasteiger partial charge in [-0.15, -0.1) is 10.2 Å². The highest BCUT2D eigenvalue weighted by Crippen LogP contribution is 2.39. The number of piperidine rings is 1. The summed E-state index contributed by atoms with van der Waals surface area (Å²) in [5.74, 6) is 1.79. The Hall–Kier alpha value is -3.58. The SMILES string of the molecule is Cn1nc(-c2ccc(-c3ncc(N(C4CC4)C4C[C@H]5CC[C@@H](C4)N5)nn3)c(O)c2)nc1C#N. The van der Waals surface area contributed by atoms with Crippen molar-refractivity contribution in [3.63, 3.8) is 0 Å². The molecule has 3 aromatic rings. The van der Waals surface area contributed by atoms with Crippen molar-refractivity contribution in [1.82, 2.24) is 35.3 Å². The second-order valence-electron chi connectivity index (χ2n) is 9.27. The molecular formula is C23H25N9O. The van der Waals surface area contributed by atoms with E-state index in [-0.39, 0.29) is 11.6 Å². The quantitative estimate of drug-likeness (QED) is 0.609. The van der Waals surface area contributed by atoms with Crippen LogP contribution in [0.2, 0.25) is 0 Å². The van der Waals surface area contributed by atoms with Crippen molar-refractivity contribution in [3.05, 3.63) is 30.2 Å². The normalized spacial score (nSPS) is 23.9. The lowest BCUT2D eigenvalue weighted by Gasteiger charge is -2.38. The number of hydrogen-bond donors (Lipinski definition) is 2. The van der Waals surface area contributed by atoms with Crippen LogP contribution >= 0.6 is 0 Å². The van der Waals surface area contributed by atoms with E-state index in [1.165, 1.54) is 30.4 Å². The number of nitrogens with zero attached hydrogens (tertiary/aromatic N) is 8. The topological polar surface area (TPSA) is 129 Å². The zero-order chi connectivity index (χ0) is 22.5. The highest BCUT2D eigenvalue weighted by molar-refractivity contribution is 5.70. The molecule has 0 spiro atoms. The number of anilines is 1. The van der Waals surface area contributed by atoms with Crippen LogP contribution in [0.1, 0.15) is 44.3 Å². The maximum absolute atomic E-state index is 10.6. The number of nitriles is 1. The third-order valence-corrected chi connectivity index (χ3v) is 6.96. The zero-order valence-corrected chi connectivity index (χ0v) is 18.4. The first-order valence-electron chi connectivity index (χ1n) is 11.5. The van der Waals surface area contributed by atoms with Crippen LogP contribution in [-0.2, 0) is 7.05 Å². The first-order chi connectivity index (χ1) is 16.1. The van der Waals surface area contributed by atoms with Gasteiger partial charge in [0, 0.05) is 36.8 Å². The molecule has 10 nitrogen and oxygen atoms in total. The minimum atomic E-state index is 0.0157. The lowest BCUT2D eigenvalue weighted by Crippen LogP contribution is -2.49. The average molecular weight is 444 g/mol. The highest BCUT2D eigenvalue weighted by atomic mass is 16.3. The maximum atomic E-state index is 10.6. The number of hydrogen-bond acceptors (Lipinski definition) is 9. The van der Waals surface area contributed by atoms with Crippen LogP contribution < -0.4 is 10.2 Å². The summed E-state index contributed by atoms with van der Waals surface area (Å²) in [4.78, 5) is 11.2. The number of phenols is 1. The van der Waals surface area contributed by atoms with E-state index in [0.717, 1.165) is 18.7 Å². The van der Waals surface area contributed by atoms with Crippen molar-refractivity contribution in [2.24, 2.45) is 7.05 Å². The summed E-state index contributed by atoms with van der Waals surface area (Å²) in [6.07, 6.45) is 9.01. The van der Waals surface area contributed by atoms with Crippen molar-refractivity contribution in [1.29, 1.82) is 5.26 Å². The number of phenolic OH excluding ortho intramolecular Hbond substituents is 1. The van der Waals surface area contributed by atoms with E-state index in [1.54, 1.807) is 31.4 Å². The molecule has 6 rings (SSSR count). The van der Waals surface area contributed by atoms with E-state index in [2.05, 4.69) is 35.5 Å². The van der Waals surface area contributed by atoms with Gasteiger partial charge in [0.15, 0.2) is 17.5 Å². The predicted octanol–water partition coefficient (Wildman–Crippen LogP) is 2.16. The average Bonchev–Trinajstić information content (AvgIpc) is 3.49. The Morgan fingerprint density at radius 1 is 1.09 bits per heavy atom. The largest absolute Gasteiger partial charge is 0.507 e. The Morgan fingerprint density at radius 2 is 1.88 bits per heavy atom. The fourth-order valence-corrected chi connectivity index (χ4v) is 5.25. The minimum Gasteiger partial charge on any atom is -0.507 e. The molecule has 2 N–H and O–H groups in total. The second kappa shape index (κ2) is 7.78. The maximum Gasteiger partial charge on any atom is 0.231 e. The Balaban J connectivity index is 1.25. The van der Waals surface area contributed by atoms with E-state index >= 15 is 0 Å². The summed E-state index contributed by atoms with van der Waals surface area (Å²) in [7, 11) is 1.66. The number of fused-ring (bicyclic) bond motifs is 2. The smallest absolute Gasteiger partial charge is 0.231 e. The molecule has 168 valence electrons. The molecule has 10 heteroatoms. The van der Waals surface area contributed by atoms with E-state index in [0.29, 0.717) is 46.9 Å². The van der Waals surface area contributed by atoms with Crippen molar-refractivity contribution in [2.75, 3.05) is 4.90 Å². The molecule has 3 fully saturated rings. The third-order valence-electron chi connectivity index (χ3n) is 6.96. The zero-order valence-electron chi connectivity index (χ0n) is 18.4. The molecule has 0 radical (unpaired) electrons. The number of nitrogens with one attached hydrogen (secondary N) is 1. The van der Waals surface area contributed by atoms with Crippen LogP contribution in [0.4, 0.5) is 5.82 Å². The summed E-state index contributed by atoms with van der Waals surface area (Å²) >= 11 is 0. The molecule has 1 aliphatic carbocycles. The van der Waals surface area contributed by atoms with Gasteiger partial charge < -0.3 is 15.3 Å².